The Kier molecular flexibility index (Phi) is 5.60. The van der Waals surface area contributed by atoms with Gasteiger partial charge < -0.3 is 15.7 Å². The smallest absolute Gasteiger partial charge is 0.306 e. The number of amides is 2. The van der Waals surface area contributed by atoms with Gasteiger partial charge in [-0.25, -0.2) is 0 Å². The second-order valence-corrected chi connectivity index (χ2v) is 6.16. The van der Waals surface area contributed by atoms with Crippen molar-refractivity contribution in [2.45, 2.75) is 32.6 Å². The van der Waals surface area contributed by atoms with Crippen LogP contribution in [0.3, 0.4) is 0 Å². The zero-order valence-electron chi connectivity index (χ0n) is 12.8. The van der Waals surface area contributed by atoms with Crippen molar-refractivity contribution in [2.24, 2.45) is 11.8 Å². The van der Waals surface area contributed by atoms with E-state index in [0.717, 1.165) is 0 Å². The summed E-state index contributed by atoms with van der Waals surface area (Å²) in [6.07, 6.45) is 2.11. The predicted molar refractivity (Wildman–Crippen MR) is 87.5 cm³/mol. The molecule has 0 aromatic heterocycles. The van der Waals surface area contributed by atoms with Gasteiger partial charge in [-0.15, -0.1) is 0 Å². The van der Waals surface area contributed by atoms with E-state index in [4.69, 9.17) is 16.7 Å². The zero-order chi connectivity index (χ0) is 17.0. The molecule has 7 heteroatoms. The SMILES string of the molecule is CC(=O)Nc1ccc(Cl)c(NC(=O)C2CCC(C(=O)O)CC2)c1. The minimum Gasteiger partial charge on any atom is -0.481 e. The molecule has 0 spiro atoms. The highest BCUT2D eigenvalue weighted by molar-refractivity contribution is 6.33. The van der Waals surface area contributed by atoms with Crippen molar-refractivity contribution in [2.75, 3.05) is 10.6 Å². The highest BCUT2D eigenvalue weighted by Gasteiger charge is 2.29. The van der Waals surface area contributed by atoms with Crippen LogP contribution in [0.15, 0.2) is 18.2 Å². The van der Waals surface area contributed by atoms with Gasteiger partial charge in [0.15, 0.2) is 0 Å². The molecule has 1 aliphatic rings. The van der Waals surface area contributed by atoms with E-state index in [-0.39, 0.29) is 23.7 Å². The standard InChI is InChI=1S/C16H19ClN2O4/c1-9(20)18-12-6-7-13(17)14(8-12)19-15(21)10-2-4-11(5-3-10)16(22)23/h6-8,10-11H,2-5H2,1H3,(H,18,20)(H,19,21)(H,22,23). The molecule has 0 heterocycles. The molecule has 1 aromatic carbocycles. The maximum absolute atomic E-state index is 12.3. The number of carbonyl (C=O) groups is 3. The zero-order valence-corrected chi connectivity index (χ0v) is 13.5. The van der Waals surface area contributed by atoms with Gasteiger partial charge in [0.25, 0.3) is 0 Å². The molecule has 2 amide bonds. The predicted octanol–water partition coefficient (Wildman–Crippen LogP) is 3.13. The van der Waals surface area contributed by atoms with E-state index >= 15 is 0 Å². The first-order valence-corrected chi connectivity index (χ1v) is 7.85. The van der Waals surface area contributed by atoms with Gasteiger partial charge in [0.2, 0.25) is 11.8 Å². The lowest BCUT2D eigenvalue weighted by molar-refractivity contribution is -0.143. The Balaban J connectivity index is 2.00. The van der Waals surface area contributed by atoms with Gasteiger partial charge in [0.1, 0.15) is 0 Å². The number of anilines is 2. The van der Waals surface area contributed by atoms with Crippen LogP contribution in [0, 0.1) is 11.8 Å². The molecule has 0 radical (unpaired) electrons. The van der Waals surface area contributed by atoms with E-state index in [1.165, 1.54) is 6.92 Å². The molecule has 1 aromatic rings. The fourth-order valence-corrected chi connectivity index (χ4v) is 2.90. The maximum atomic E-state index is 12.3. The van der Waals surface area contributed by atoms with E-state index < -0.39 is 5.97 Å². The summed E-state index contributed by atoms with van der Waals surface area (Å²) < 4.78 is 0. The number of nitrogens with one attached hydrogen (secondary N) is 2. The number of aliphatic carboxylic acids is 1. The molecule has 3 N–H and O–H groups in total. The number of halogens is 1. The molecule has 124 valence electrons. The Morgan fingerprint density at radius 2 is 1.70 bits per heavy atom. The van der Waals surface area contributed by atoms with Gasteiger partial charge in [0, 0.05) is 18.5 Å². The van der Waals surface area contributed by atoms with Crippen molar-refractivity contribution in [3.8, 4) is 0 Å². The fraction of sp³-hybridized carbons (Fsp3) is 0.438. The van der Waals surface area contributed by atoms with Crippen molar-refractivity contribution >= 4 is 40.8 Å². The van der Waals surface area contributed by atoms with Crippen LogP contribution in [-0.2, 0) is 14.4 Å². The summed E-state index contributed by atoms with van der Waals surface area (Å²) in [7, 11) is 0. The van der Waals surface area contributed by atoms with Gasteiger partial charge in [-0.2, -0.15) is 0 Å². The largest absolute Gasteiger partial charge is 0.481 e. The van der Waals surface area contributed by atoms with Crippen molar-refractivity contribution < 1.29 is 19.5 Å². The lowest BCUT2D eigenvalue weighted by Gasteiger charge is -2.25. The Hall–Kier alpha value is -2.08. The molecule has 23 heavy (non-hydrogen) atoms. The van der Waals surface area contributed by atoms with Gasteiger partial charge in [-0.3, -0.25) is 14.4 Å². The van der Waals surface area contributed by atoms with Crippen LogP contribution < -0.4 is 10.6 Å². The summed E-state index contributed by atoms with van der Waals surface area (Å²) in [5.74, 6) is -1.75. The van der Waals surface area contributed by atoms with Crippen LogP contribution in [0.5, 0.6) is 0 Å². The minimum absolute atomic E-state index is 0.171. The lowest BCUT2D eigenvalue weighted by Crippen LogP contribution is -2.29. The number of hydrogen-bond acceptors (Lipinski definition) is 3. The highest BCUT2D eigenvalue weighted by Crippen LogP contribution is 2.31. The van der Waals surface area contributed by atoms with E-state index in [0.29, 0.717) is 42.1 Å². The third kappa shape index (κ3) is 4.69. The quantitative estimate of drug-likeness (QED) is 0.786. The van der Waals surface area contributed by atoms with Crippen LogP contribution in [0.2, 0.25) is 5.02 Å². The first kappa shape index (κ1) is 17.3. The molecule has 0 saturated heterocycles. The summed E-state index contributed by atoms with van der Waals surface area (Å²) in [6, 6.07) is 4.85. The van der Waals surface area contributed by atoms with E-state index in [1.807, 2.05) is 0 Å². The topological polar surface area (TPSA) is 95.5 Å². The van der Waals surface area contributed by atoms with Gasteiger partial charge in [-0.05, 0) is 43.9 Å². The van der Waals surface area contributed by atoms with Crippen LogP contribution in [0.25, 0.3) is 0 Å². The van der Waals surface area contributed by atoms with Crippen LogP contribution in [0.4, 0.5) is 11.4 Å². The number of carbonyl (C=O) groups excluding carboxylic acids is 2. The summed E-state index contributed by atoms with van der Waals surface area (Å²) in [4.78, 5) is 34.4. The molecule has 1 aliphatic carbocycles. The number of benzene rings is 1. The van der Waals surface area contributed by atoms with Crippen LogP contribution in [0.1, 0.15) is 32.6 Å². The molecule has 1 saturated carbocycles. The molecule has 1 fully saturated rings. The number of carboxylic acid groups (broad SMARTS) is 1. The third-order valence-electron chi connectivity index (χ3n) is 3.99. The summed E-state index contributed by atoms with van der Waals surface area (Å²) in [5.41, 5.74) is 0.982. The van der Waals surface area contributed by atoms with Gasteiger partial charge in [-0.1, -0.05) is 11.6 Å². The van der Waals surface area contributed by atoms with Crippen LogP contribution in [-0.4, -0.2) is 22.9 Å². The van der Waals surface area contributed by atoms with Crippen LogP contribution >= 0.6 is 11.6 Å². The number of carboxylic acids is 1. The molecule has 2 rings (SSSR count). The average Bonchev–Trinajstić information content (AvgIpc) is 2.50. The normalized spacial score (nSPS) is 20.6. The van der Waals surface area contributed by atoms with E-state index in [9.17, 15) is 14.4 Å². The van der Waals surface area contributed by atoms with Gasteiger partial charge >= 0.3 is 5.97 Å². The Morgan fingerprint density at radius 3 is 2.26 bits per heavy atom. The average molecular weight is 339 g/mol. The van der Waals surface area contributed by atoms with Crippen molar-refractivity contribution in [1.82, 2.24) is 0 Å². The molecular formula is C16H19ClN2O4. The first-order valence-electron chi connectivity index (χ1n) is 7.47. The van der Waals surface area contributed by atoms with Crippen molar-refractivity contribution in [3.63, 3.8) is 0 Å². The Bertz CT molecular complexity index is 625. The monoisotopic (exact) mass is 338 g/mol. The van der Waals surface area contributed by atoms with Gasteiger partial charge in [0.05, 0.1) is 16.6 Å². The number of rotatable bonds is 4. The number of hydrogen-bond donors (Lipinski definition) is 3. The Morgan fingerprint density at radius 1 is 1.09 bits per heavy atom. The second-order valence-electron chi connectivity index (χ2n) is 5.75. The van der Waals surface area contributed by atoms with Crippen molar-refractivity contribution in [1.29, 1.82) is 0 Å². The molecule has 0 bridgehead atoms. The summed E-state index contributed by atoms with van der Waals surface area (Å²) >= 11 is 6.08. The Labute approximate surface area is 139 Å². The highest BCUT2D eigenvalue weighted by atomic mass is 35.5. The maximum Gasteiger partial charge on any atom is 0.306 e. The minimum atomic E-state index is -0.796. The fourth-order valence-electron chi connectivity index (χ4n) is 2.74. The molecular weight excluding hydrogens is 320 g/mol. The summed E-state index contributed by atoms with van der Waals surface area (Å²) in [6.45, 7) is 1.40. The lowest BCUT2D eigenvalue weighted by atomic mass is 9.81. The third-order valence-corrected chi connectivity index (χ3v) is 4.32. The molecule has 0 atom stereocenters. The molecule has 6 nitrogen and oxygen atoms in total. The van der Waals surface area contributed by atoms with E-state index in [1.54, 1.807) is 18.2 Å². The molecule has 0 aliphatic heterocycles. The second kappa shape index (κ2) is 7.46. The van der Waals surface area contributed by atoms with Crippen molar-refractivity contribution in [3.05, 3.63) is 23.2 Å². The van der Waals surface area contributed by atoms with E-state index in [2.05, 4.69) is 10.6 Å². The molecule has 0 unspecified atom stereocenters. The first-order chi connectivity index (χ1) is 10.9. The summed E-state index contributed by atoms with van der Waals surface area (Å²) in [5, 5.41) is 14.8.